The smallest absolute Gasteiger partial charge is 0.338 e. The summed E-state index contributed by atoms with van der Waals surface area (Å²) in [4.78, 5) is 12.2. The van der Waals surface area contributed by atoms with Gasteiger partial charge in [-0.1, -0.05) is 12.1 Å². The number of para-hydroxylation sites is 2. The maximum absolute atomic E-state index is 13.9. The quantitative estimate of drug-likeness (QED) is 0.215. The van der Waals surface area contributed by atoms with E-state index in [1.807, 2.05) is 0 Å². The van der Waals surface area contributed by atoms with Crippen LogP contribution in [0.5, 0.6) is 17.2 Å². The van der Waals surface area contributed by atoms with E-state index in [0.717, 1.165) is 18.9 Å². The number of carbonyl (C=O) groups is 1. The first-order valence-corrected chi connectivity index (χ1v) is 10.9. The molecule has 1 saturated carbocycles. The molecule has 2 aromatic carbocycles. The topological polar surface area (TPSA) is 87.9 Å². The van der Waals surface area contributed by atoms with Crippen molar-refractivity contribution in [2.45, 2.75) is 18.1 Å². The van der Waals surface area contributed by atoms with Gasteiger partial charge in [0.2, 0.25) is 40.1 Å². The number of hydrogen-bond acceptors (Lipinski definition) is 6. The Kier molecular flexibility index (Phi) is 5.21. The van der Waals surface area contributed by atoms with E-state index in [9.17, 15) is 31.3 Å². The molecule has 12 heteroatoms. The third kappa shape index (κ3) is 3.76. The fraction of sp³-hybridized carbons (Fsp3) is 0.316. The van der Waals surface area contributed by atoms with Gasteiger partial charge in [-0.2, -0.15) is 8.78 Å². The highest BCUT2D eigenvalue weighted by Crippen LogP contribution is 2.73. The summed E-state index contributed by atoms with van der Waals surface area (Å²) >= 11 is 0. The zero-order valence-electron chi connectivity index (χ0n) is 15.7. The normalized spacial score (nSPS) is 24.6. The molecule has 6 nitrogen and oxygen atoms in total. The minimum atomic E-state index is -3.81. The Hall–Kier alpha value is -2.65. The Morgan fingerprint density at radius 1 is 1.00 bits per heavy atom. The molecule has 0 bridgehead atoms. The summed E-state index contributed by atoms with van der Waals surface area (Å²) in [7, 11) is -3.81. The molecule has 1 saturated heterocycles. The van der Waals surface area contributed by atoms with E-state index in [0.29, 0.717) is 0 Å². The molecular weight excluding hydrogens is 448 g/mol. The molecule has 2 aromatic rings. The number of ether oxygens (including phenoxy) is 2. The number of carbonyl (C=O) groups excluding carboxylic acids is 1. The van der Waals surface area contributed by atoms with Crippen LogP contribution in [0.2, 0.25) is 0 Å². The summed E-state index contributed by atoms with van der Waals surface area (Å²) < 4.78 is 96.1. The summed E-state index contributed by atoms with van der Waals surface area (Å²) in [6.07, 6.45) is 1.49. The molecule has 0 aromatic heterocycles. The van der Waals surface area contributed by atoms with Crippen LogP contribution in [-0.4, -0.2) is 24.0 Å². The Balaban J connectivity index is 1.57. The monoisotopic (exact) mass is 463 g/mol. The van der Waals surface area contributed by atoms with Crippen LogP contribution < -0.4 is 15.0 Å². The molecule has 0 amide bonds. The Labute approximate surface area is 172 Å². The van der Waals surface area contributed by atoms with Crippen molar-refractivity contribution in [2.75, 3.05) is 12.8 Å². The summed E-state index contributed by atoms with van der Waals surface area (Å²) in [6.45, 7) is 0.151. The average Bonchev–Trinajstić information content (AvgIpc) is 3.65. The SMILES string of the molecule is N[C@]1(C(=O)OCC2CC2)CP1(=O)Oc1ccccc1Oc1c(F)c(F)c(F)c(F)c1F. The molecule has 1 unspecified atom stereocenters. The summed E-state index contributed by atoms with van der Waals surface area (Å²) in [6, 6.07) is 4.96. The second-order valence-electron chi connectivity index (χ2n) is 7.34. The predicted octanol–water partition coefficient (Wildman–Crippen LogP) is 4.45. The van der Waals surface area contributed by atoms with Crippen LogP contribution in [0.25, 0.3) is 0 Å². The highest BCUT2D eigenvalue weighted by molar-refractivity contribution is 7.70. The van der Waals surface area contributed by atoms with Crippen molar-refractivity contribution in [3.8, 4) is 17.2 Å². The van der Waals surface area contributed by atoms with Gasteiger partial charge in [-0.25, -0.2) is 18.0 Å². The molecule has 1 aliphatic carbocycles. The molecule has 1 heterocycles. The van der Waals surface area contributed by atoms with Gasteiger partial charge < -0.3 is 19.7 Å². The van der Waals surface area contributed by atoms with Crippen LogP contribution in [0.3, 0.4) is 0 Å². The molecule has 0 spiro atoms. The lowest BCUT2D eigenvalue weighted by Gasteiger charge is -2.15. The predicted molar refractivity (Wildman–Crippen MR) is 96.5 cm³/mol. The molecule has 2 aliphatic rings. The molecule has 2 N–H and O–H groups in total. The largest absolute Gasteiger partial charge is 0.464 e. The number of hydrogen-bond donors (Lipinski definition) is 1. The number of esters is 1. The fourth-order valence-electron chi connectivity index (χ4n) is 2.76. The first-order valence-electron chi connectivity index (χ1n) is 9.10. The van der Waals surface area contributed by atoms with Gasteiger partial charge in [0.05, 0.1) is 12.8 Å². The van der Waals surface area contributed by atoms with Gasteiger partial charge in [0.25, 0.3) is 7.37 Å². The van der Waals surface area contributed by atoms with E-state index in [1.54, 1.807) is 0 Å². The van der Waals surface area contributed by atoms with Gasteiger partial charge in [0, 0.05) is 0 Å². The van der Waals surface area contributed by atoms with Crippen LogP contribution in [0.15, 0.2) is 24.3 Å². The molecule has 2 atom stereocenters. The van der Waals surface area contributed by atoms with Gasteiger partial charge in [-0.3, -0.25) is 4.57 Å². The number of halogens is 5. The molecule has 1 aliphatic heterocycles. The van der Waals surface area contributed by atoms with Crippen molar-refractivity contribution in [3.63, 3.8) is 0 Å². The Bertz CT molecular complexity index is 1100. The van der Waals surface area contributed by atoms with Crippen molar-refractivity contribution < 1.29 is 45.3 Å². The third-order valence-corrected chi connectivity index (χ3v) is 7.51. The van der Waals surface area contributed by atoms with Crippen LogP contribution in [-0.2, 0) is 14.1 Å². The highest BCUT2D eigenvalue weighted by Gasteiger charge is 2.72. The maximum atomic E-state index is 13.9. The van der Waals surface area contributed by atoms with Crippen molar-refractivity contribution in [1.29, 1.82) is 0 Å². The first-order chi connectivity index (χ1) is 14.6. The molecular formula is C19H15F5NO5P. The molecule has 31 heavy (non-hydrogen) atoms. The van der Waals surface area contributed by atoms with Gasteiger partial charge in [0.15, 0.2) is 11.5 Å². The van der Waals surface area contributed by atoms with Crippen molar-refractivity contribution >= 4 is 13.3 Å². The summed E-state index contributed by atoms with van der Waals surface area (Å²) in [5.41, 5.74) is 5.87. The van der Waals surface area contributed by atoms with E-state index < -0.39 is 59.2 Å². The lowest BCUT2D eigenvalue weighted by molar-refractivity contribution is -0.145. The van der Waals surface area contributed by atoms with E-state index in [-0.39, 0.29) is 24.4 Å². The third-order valence-electron chi connectivity index (χ3n) is 4.93. The molecule has 0 radical (unpaired) electrons. The highest BCUT2D eigenvalue weighted by atomic mass is 31.2. The number of nitrogens with two attached hydrogens (primary N) is 1. The fourth-order valence-corrected chi connectivity index (χ4v) is 4.83. The van der Waals surface area contributed by atoms with Gasteiger partial charge in [-0.05, 0) is 30.9 Å². The van der Waals surface area contributed by atoms with Crippen LogP contribution in [0.4, 0.5) is 22.0 Å². The van der Waals surface area contributed by atoms with Crippen LogP contribution in [0.1, 0.15) is 12.8 Å². The second-order valence-corrected chi connectivity index (χ2v) is 9.98. The Morgan fingerprint density at radius 3 is 2.13 bits per heavy atom. The summed E-state index contributed by atoms with van der Waals surface area (Å²) in [5, 5.41) is -1.89. The van der Waals surface area contributed by atoms with E-state index in [4.69, 9.17) is 19.7 Å². The van der Waals surface area contributed by atoms with Gasteiger partial charge in [0.1, 0.15) is 0 Å². The van der Waals surface area contributed by atoms with Crippen LogP contribution in [0, 0.1) is 35.0 Å². The van der Waals surface area contributed by atoms with Crippen molar-refractivity contribution in [2.24, 2.45) is 11.7 Å². The van der Waals surface area contributed by atoms with E-state index >= 15 is 0 Å². The molecule has 2 fully saturated rings. The zero-order chi connectivity index (χ0) is 22.6. The molecule has 166 valence electrons. The van der Waals surface area contributed by atoms with Gasteiger partial charge in [-0.15, -0.1) is 0 Å². The van der Waals surface area contributed by atoms with Crippen molar-refractivity contribution in [3.05, 3.63) is 53.4 Å². The van der Waals surface area contributed by atoms with E-state index in [2.05, 4.69) is 0 Å². The van der Waals surface area contributed by atoms with Crippen LogP contribution >= 0.6 is 7.37 Å². The lowest BCUT2D eigenvalue weighted by atomic mass is 10.2. The maximum Gasteiger partial charge on any atom is 0.338 e. The number of rotatable bonds is 7. The zero-order valence-corrected chi connectivity index (χ0v) is 16.6. The van der Waals surface area contributed by atoms with E-state index in [1.165, 1.54) is 18.2 Å². The Morgan fingerprint density at radius 2 is 1.55 bits per heavy atom. The number of benzene rings is 2. The minimum Gasteiger partial charge on any atom is -0.464 e. The molecule has 4 rings (SSSR count). The average molecular weight is 463 g/mol. The summed E-state index contributed by atoms with van der Waals surface area (Å²) in [5.74, 6) is -14.2. The van der Waals surface area contributed by atoms with Crippen molar-refractivity contribution in [1.82, 2.24) is 0 Å². The first kappa shape index (κ1) is 21.6. The minimum absolute atomic E-state index is 0.151. The van der Waals surface area contributed by atoms with Gasteiger partial charge >= 0.3 is 5.97 Å². The standard InChI is InChI=1S/C19H15F5NO5P/c20-12-13(21)15(23)17(16(24)14(12)22)29-10-3-1-2-4-11(10)30-31(27)8-19(31,25)18(26)28-7-9-5-6-9/h1-4,9H,5-8,25H2/t19-,31?/m1/s1. The second kappa shape index (κ2) is 7.49. The lowest BCUT2D eigenvalue weighted by Crippen LogP contribution is -2.36.